The predicted octanol–water partition coefficient (Wildman–Crippen LogP) is 2.36. The van der Waals surface area contributed by atoms with E-state index in [9.17, 15) is 9.59 Å². The van der Waals surface area contributed by atoms with Crippen LogP contribution in [0, 0.1) is 13.8 Å². The Bertz CT molecular complexity index is 1030. The molecule has 0 radical (unpaired) electrons. The second-order valence-corrected chi connectivity index (χ2v) is 6.79. The van der Waals surface area contributed by atoms with Crippen molar-refractivity contribution in [2.75, 3.05) is 6.61 Å². The van der Waals surface area contributed by atoms with E-state index in [0.717, 1.165) is 11.3 Å². The van der Waals surface area contributed by atoms with Crippen molar-refractivity contribution in [2.45, 2.75) is 33.2 Å². The number of aromatic nitrogens is 4. The molecule has 9 heteroatoms. The number of carbonyl (C=O) groups excluding carboxylic acids is 2. The normalized spacial score (nSPS) is 12.0. The molecule has 0 bridgehead atoms. The fourth-order valence-electron chi connectivity index (χ4n) is 2.94. The van der Waals surface area contributed by atoms with E-state index in [1.165, 1.54) is 6.33 Å². The highest BCUT2D eigenvalue weighted by atomic mass is 35.5. The lowest BCUT2D eigenvalue weighted by atomic mass is 10.1. The maximum absolute atomic E-state index is 12.2. The van der Waals surface area contributed by atoms with Gasteiger partial charge in [-0.05, 0) is 32.4 Å². The van der Waals surface area contributed by atoms with E-state index in [0.29, 0.717) is 22.1 Å². The van der Waals surface area contributed by atoms with Gasteiger partial charge in [-0.1, -0.05) is 29.8 Å². The van der Waals surface area contributed by atoms with Crippen LogP contribution in [0.3, 0.4) is 0 Å². The lowest BCUT2D eigenvalue weighted by molar-refractivity contribution is -0.148. The van der Waals surface area contributed by atoms with Crippen LogP contribution in [0.2, 0.25) is 5.02 Å². The quantitative estimate of drug-likeness (QED) is 0.636. The maximum Gasteiger partial charge on any atom is 0.310 e. The van der Waals surface area contributed by atoms with E-state index >= 15 is 0 Å². The van der Waals surface area contributed by atoms with Gasteiger partial charge < -0.3 is 10.1 Å². The number of ether oxygens (including phenoxy) is 1. The van der Waals surface area contributed by atoms with Gasteiger partial charge in [0.05, 0.1) is 12.5 Å². The summed E-state index contributed by atoms with van der Waals surface area (Å²) in [5.41, 5.74) is 2.93. The summed E-state index contributed by atoms with van der Waals surface area (Å²) in [7, 11) is 0. The van der Waals surface area contributed by atoms with E-state index in [4.69, 9.17) is 16.3 Å². The van der Waals surface area contributed by atoms with E-state index in [1.54, 1.807) is 17.5 Å². The van der Waals surface area contributed by atoms with Crippen molar-refractivity contribution >= 4 is 29.3 Å². The van der Waals surface area contributed by atoms with Gasteiger partial charge in [-0.2, -0.15) is 10.1 Å². The van der Waals surface area contributed by atoms with Crippen LogP contribution in [0.4, 0.5) is 0 Å². The minimum atomic E-state index is -0.520. The minimum Gasteiger partial charge on any atom is -0.455 e. The summed E-state index contributed by atoms with van der Waals surface area (Å²) in [5, 5.41) is 7.41. The number of halogens is 1. The number of carbonyl (C=O) groups is 2. The van der Waals surface area contributed by atoms with Gasteiger partial charge >= 0.3 is 5.97 Å². The van der Waals surface area contributed by atoms with E-state index in [1.807, 2.05) is 32.0 Å². The van der Waals surface area contributed by atoms with Crippen LogP contribution in [0.5, 0.6) is 0 Å². The van der Waals surface area contributed by atoms with Gasteiger partial charge in [0.25, 0.3) is 11.7 Å². The monoisotopic (exact) mass is 401 g/mol. The first-order valence-corrected chi connectivity index (χ1v) is 9.10. The molecule has 0 unspecified atom stereocenters. The average Bonchev–Trinajstić information content (AvgIpc) is 3.12. The molecule has 8 nitrogen and oxygen atoms in total. The minimum absolute atomic E-state index is 0.00614. The van der Waals surface area contributed by atoms with Crippen LogP contribution in [-0.4, -0.2) is 38.1 Å². The number of esters is 1. The Labute approximate surface area is 166 Å². The van der Waals surface area contributed by atoms with Crippen LogP contribution >= 0.6 is 11.6 Å². The average molecular weight is 402 g/mol. The van der Waals surface area contributed by atoms with Gasteiger partial charge in [-0.3, -0.25) is 9.59 Å². The molecule has 0 spiro atoms. The molecule has 146 valence electrons. The standard InChI is InChI=1S/C19H20ClN5O3/c1-11(14-6-4-5-7-16(14)20)23-17(26)9-28-18(27)8-15-12(2)24-19-21-10-22-25(19)13(15)3/h4-7,10-11H,8-9H2,1-3H3,(H,23,26)/t11-/m0/s1. The van der Waals surface area contributed by atoms with Gasteiger partial charge in [0, 0.05) is 22.0 Å². The molecule has 1 atom stereocenters. The number of nitrogens with zero attached hydrogens (tertiary/aromatic N) is 4. The first kappa shape index (κ1) is 19.8. The van der Waals surface area contributed by atoms with Crippen molar-refractivity contribution in [1.29, 1.82) is 0 Å². The number of hydrogen-bond donors (Lipinski definition) is 1. The first-order valence-electron chi connectivity index (χ1n) is 8.72. The van der Waals surface area contributed by atoms with Gasteiger partial charge in [0.2, 0.25) is 0 Å². The third-order valence-electron chi connectivity index (χ3n) is 4.42. The third-order valence-corrected chi connectivity index (χ3v) is 4.77. The highest BCUT2D eigenvalue weighted by molar-refractivity contribution is 6.31. The maximum atomic E-state index is 12.2. The largest absolute Gasteiger partial charge is 0.455 e. The highest BCUT2D eigenvalue weighted by Gasteiger charge is 2.17. The fraction of sp³-hybridized carbons (Fsp3) is 0.316. The van der Waals surface area contributed by atoms with Gasteiger partial charge in [-0.25, -0.2) is 9.50 Å². The molecular weight excluding hydrogens is 382 g/mol. The number of amides is 1. The molecule has 2 aromatic heterocycles. The second kappa shape index (κ2) is 8.35. The summed E-state index contributed by atoms with van der Waals surface area (Å²) >= 11 is 6.13. The Morgan fingerprint density at radius 3 is 2.79 bits per heavy atom. The van der Waals surface area contributed by atoms with Crippen LogP contribution in [-0.2, 0) is 20.7 Å². The van der Waals surface area contributed by atoms with Crippen molar-refractivity contribution in [1.82, 2.24) is 24.9 Å². The van der Waals surface area contributed by atoms with Crippen LogP contribution in [0.15, 0.2) is 30.6 Å². The third kappa shape index (κ3) is 4.28. The molecule has 0 aliphatic rings. The number of fused-ring (bicyclic) bond motifs is 1. The summed E-state index contributed by atoms with van der Waals surface area (Å²) in [4.78, 5) is 32.7. The summed E-state index contributed by atoms with van der Waals surface area (Å²) in [5.74, 6) is -0.452. The van der Waals surface area contributed by atoms with Crippen molar-refractivity contribution in [2.24, 2.45) is 0 Å². The Hall–Kier alpha value is -3.00. The molecule has 2 heterocycles. The molecule has 0 aliphatic heterocycles. The molecular formula is C19H20ClN5O3. The topological polar surface area (TPSA) is 98.5 Å². The first-order chi connectivity index (χ1) is 13.4. The van der Waals surface area contributed by atoms with E-state index in [2.05, 4.69) is 20.4 Å². The van der Waals surface area contributed by atoms with Crippen molar-refractivity contribution in [3.8, 4) is 0 Å². The highest BCUT2D eigenvalue weighted by Crippen LogP contribution is 2.22. The molecule has 0 aliphatic carbocycles. The van der Waals surface area contributed by atoms with Crippen LogP contribution in [0.25, 0.3) is 5.78 Å². The molecule has 1 aromatic carbocycles. The zero-order chi connectivity index (χ0) is 20.3. The van der Waals surface area contributed by atoms with E-state index < -0.39 is 11.9 Å². The lowest BCUT2D eigenvalue weighted by Crippen LogP contribution is -2.31. The zero-order valence-corrected chi connectivity index (χ0v) is 16.5. The predicted molar refractivity (Wildman–Crippen MR) is 103 cm³/mol. The fourth-order valence-corrected chi connectivity index (χ4v) is 3.24. The van der Waals surface area contributed by atoms with Crippen molar-refractivity contribution in [3.63, 3.8) is 0 Å². The Morgan fingerprint density at radius 2 is 2.04 bits per heavy atom. The molecule has 1 N–H and O–H groups in total. The molecule has 3 rings (SSSR count). The Balaban J connectivity index is 1.57. The van der Waals surface area contributed by atoms with Gasteiger partial charge in [0.1, 0.15) is 6.33 Å². The summed E-state index contributed by atoms with van der Waals surface area (Å²) < 4.78 is 6.68. The molecule has 0 saturated heterocycles. The Kier molecular flexibility index (Phi) is 5.89. The SMILES string of the molecule is Cc1nc2ncnn2c(C)c1CC(=O)OCC(=O)N[C@@H](C)c1ccccc1Cl. The van der Waals surface area contributed by atoms with Gasteiger partial charge in [0.15, 0.2) is 6.61 Å². The molecule has 1 amide bonds. The smallest absolute Gasteiger partial charge is 0.310 e. The second-order valence-electron chi connectivity index (χ2n) is 6.38. The Morgan fingerprint density at radius 1 is 1.29 bits per heavy atom. The molecule has 0 saturated carbocycles. The van der Waals surface area contributed by atoms with E-state index in [-0.39, 0.29) is 19.1 Å². The molecule has 28 heavy (non-hydrogen) atoms. The summed E-state index contributed by atoms with van der Waals surface area (Å²) in [6.45, 7) is 5.07. The van der Waals surface area contributed by atoms with Crippen LogP contribution in [0.1, 0.15) is 35.5 Å². The number of nitrogens with one attached hydrogen (secondary N) is 1. The lowest BCUT2D eigenvalue weighted by Gasteiger charge is -2.16. The number of benzene rings is 1. The van der Waals surface area contributed by atoms with Gasteiger partial charge in [-0.15, -0.1) is 0 Å². The summed E-state index contributed by atoms with van der Waals surface area (Å²) in [6.07, 6.45) is 1.40. The zero-order valence-electron chi connectivity index (χ0n) is 15.8. The number of aryl methyl sites for hydroxylation is 2. The summed E-state index contributed by atoms with van der Waals surface area (Å²) in [6, 6.07) is 6.94. The number of hydrogen-bond acceptors (Lipinski definition) is 6. The van der Waals surface area contributed by atoms with Crippen molar-refractivity contribution < 1.29 is 14.3 Å². The molecule has 0 fully saturated rings. The number of rotatable bonds is 6. The van der Waals surface area contributed by atoms with Crippen molar-refractivity contribution in [3.05, 3.63) is 58.1 Å². The molecule has 3 aromatic rings. The van der Waals surface area contributed by atoms with Crippen LogP contribution < -0.4 is 5.32 Å².